The lowest BCUT2D eigenvalue weighted by Gasteiger charge is -1.97. The fourth-order valence-corrected chi connectivity index (χ4v) is 0.984. The summed E-state index contributed by atoms with van der Waals surface area (Å²) in [5, 5.41) is 3.69. The summed E-state index contributed by atoms with van der Waals surface area (Å²) in [6.45, 7) is -2.55. The third-order valence-corrected chi connectivity index (χ3v) is 1.71. The van der Waals surface area contributed by atoms with E-state index in [-0.39, 0.29) is 12.0 Å². The summed E-state index contributed by atoms with van der Waals surface area (Å²) in [6.07, 6.45) is 1.90. The number of halogens is 1. The van der Waals surface area contributed by atoms with Gasteiger partial charge < -0.3 is 0 Å². The van der Waals surface area contributed by atoms with E-state index in [1.807, 2.05) is 0 Å². The average Bonchev–Trinajstić information content (AvgIpc) is 2.54. The first-order valence-electron chi connectivity index (χ1n) is 5.85. The van der Waals surface area contributed by atoms with Crippen LogP contribution < -0.4 is 0 Å². The number of hydrogen-bond donors (Lipinski definition) is 0. The monoisotopic (exact) mass is 243 g/mol. The minimum absolute atomic E-state index is 0.187. The molecular weight excluding hydrogens is 232 g/mol. The zero-order valence-corrected chi connectivity index (χ0v) is 7.91. The van der Waals surface area contributed by atoms with Gasteiger partial charge in [0.1, 0.15) is 4.60 Å². The largest absolute Gasteiger partial charge is 0.244 e. The Kier molecular flexibility index (Phi) is 1.08. The van der Waals surface area contributed by atoms with Gasteiger partial charge in [-0.25, -0.2) is 14.6 Å². The van der Waals surface area contributed by atoms with Crippen molar-refractivity contribution in [3.05, 3.63) is 34.9 Å². The molecule has 66 valence electrons. The standard InChI is InChI=1S/C8H7BrN4/c1-6-2-12-13(5-6)8-4-10-7(9)3-11-8/h2-5H,1H3/i1D3,2D,5D. The Balaban J connectivity index is 2.57. The quantitative estimate of drug-likeness (QED) is 0.767. The van der Waals surface area contributed by atoms with Gasteiger partial charge in [-0.1, -0.05) is 0 Å². The van der Waals surface area contributed by atoms with Crippen molar-refractivity contribution < 1.29 is 6.85 Å². The van der Waals surface area contributed by atoms with Gasteiger partial charge in [0, 0.05) is 10.3 Å². The van der Waals surface area contributed by atoms with E-state index in [1.165, 1.54) is 12.4 Å². The fourth-order valence-electron chi connectivity index (χ4n) is 0.779. The maximum atomic E-state index is 7.76. The number of rotatable bonds is 1. The second-order valence-corrected chi connectivity index (χ2v) is 3.02. The maximum absolute atomic E-state index is 7.76. The highest BCUT2D eigenvalue weighted by atomic mass is 79.9. The Morgan fingerprint density at radius 1 is 1.54 bits per heavy atom. The summed E-state index contributed by atoms with van der Waals surface area (Å²) < 4.78 is 38.5. The predicted octanol–water partition coefficient (Wildman–Crippen LogP) is 1.73. The molecule has 13 heavy (non-hydrogen) atoms. The van der Waals surface area contributed by atoms with Crippen molar-refractivity contribution in [1.29, 1.82) is 0 Å². The summed E-state index contributed by atoms with van der Waals surface area (Å²) in [6, 6.07) is 0. The molecule has 0 spiro atoms. The molecule has 2 heterocycles. The molecule has 4 nitrogen and oxygen atoms in total. The molecule has 2 aromatic heterocycles. The molecule has 0 unspecified atom stereocenters. The lowest BCUT2D eigenvalue weighted by atomic mass is 10.4. The zero-order valence-electron chi connectivity index (χ0n) is 11.3. The second-order valence-electron chi connectivity index (χ2n) is 2.21. The summed E-state index contributed by atoms with van der Waals surface area (Å²) in [5.41, 5.74) is -0.396. The van der Waals surface area contributed by atoms with Gasteiger partial charge in [-0.3, -0.25) is 0 Å². The van der Waals surface area contributed by atoms with Gasteiger partial charge in [0.05, 0.1) is 21.3 Å². The van der Waals surface area contributed by atoms with Crippen molar-refractivity contribution in [2.75, 3.05) is 0 Å². The lowest BCUT2D eigenvalue weighted by Crippen LogP contribution is -1.97. The van der Waals surface area contributed by atoms with Crippen LogP contribution in [-0.4, -0.2) is 19.7 Å². The summed E-state index contributed by atoms with van der Waals surface area (Å²) in [5.74, 6) is 0.187. The molecule has 0 N–H and O–H groups in total. The number of aromatic nitrogens is 4. The smallest absolute Gasteiger partial charge is 0.171 e. The Hall–Kier alpha value is -1.23. The molecule has 0 aliphatic carbocycles. The normalized spacial score (nSPS) is 16.8. The van der Waals surface area contributed by atoms with Crippen LogP contribution in [0.4, 0.5) is 0 Å². The van der Waals surface area contributed by atoms with Gasteiger partial charge in [-0.05, 0) is 28.3 Å². The van der Waals surface area contributed by atoms with Crippen LogP contribution >= 0.6 is 15.9 Å². The van der Waals surface area contributed by atoms with E-state index >= 15 is 0 Å². The molecule has 0 saturated heterocycles. The van der Waals surface area contributed by atoms with Crippen LogP contribution in [0.2, 0.25) is 0 Å². The maximum Gasteiger partial charge on any atom is 0.171 e. The Morgan fingerprint density at radius 2 is 2.46 bits per heavy atom. The molecule has 0 aromatic carbocycles. The van der Waals surface area contributed by atoms with E-state index in [9.17, 15) is 0 Å². The molecular formula is C8H7BrN4. The number of hydrogen-bond acceptors (Lipinski definition) is 3. The van der Waals surface area contributed by atoms with E-state index < -0.39 is 18.6 Å². The third-order valence-electron chi connectivity index (χ3n) is 1.30. The van der Waals surface area contributed by atoms with Crippen molar-refractivity contribution >= 4 is 15.9 Å². The highest BCUT2D eigenvalue weighted by Gasteiger charge is 1.99. The van der Waals surface area contributed by atoms with Gasteiger partial charge in [0.15, 0.2) is 5.82 Å². The van der Waals surface area contributed by atoms with E-state index in [2.05, 4.69) is 31.0 Å². The first kappa shape index (κ1) is 4.32. The van der Waals surface area contributed by atoms with Crippen molar-refractivity contribution in [3.8, 4) is 5.82 Å². The average molecular weight is 244 g/mol. The van der Waals surface area contributed by atoms with E-state index in [0.717, 1.165) is 4.68 Å². The van der Waals surface area contributed by atoms with Crippen molar-refractivity contribution in [1.82, 2.24) is 19.7 Å². The first-order valence-corrected chi connectivity index (χ1v) is 4.14. The van der Waals surface area contributed by atoms with Gasteiger partial charge in [-0.2, -0.15) is 5.10 Å². The molecule has 0 fully saturated rings. The molecule has 0 amide bonds. The predicted molar refractivity (Wildman–Crippen MR) is 51.6 cm³/mol. The topological polar surface area (TPSA) is 43.6 Å². The highest BCUT2D eigenvalue weighted by Crippen LogP contribution is 2.06. The lowest BCUT2D eigenvalue weighted by molar-refractivity contribution is 0.835. The molecule has 0 atom stereocenters. The summed E-state index contributed by atoms with van der Waals surface area (Å²) in [4.78, 5) is 7.86. The molecule has 0 radical (unpaired) electrons. The second kappa shape index (κ2) is 3.26. The summed E-state index contributed by atoms with van der Waals surface area (Å²) >= 11 is 3.11. The van der Waals surface area contributed by atoms with E-state index in [1.54, 1.807) is 0 Å². The van der Waals surface area contributed by atoms with Gasteiger partial charge >= 0.3 is 0 Å². The van der Waals surface area contributed by atoms with Crippen molar-refractivity contribution in [2.24, 2.45) is 0 Å². The molecule has 2 aromatic rings. The van der Waals surface area contributed by atoms with Gasteiger partial charge in [0.25, 0.3) is 0 Å². The van der Waals surface area contributed by atoms with Crippen LogP contribution in [0.3, 0.4) is 0 Å². The molecule has 0 aliphatic heterocycles. The molecule has 2 rings (SSSR count). The zero-order chi connectivity index (χ0) is 13.5. The highest BCUT2D eigenvalue weighted by molar-refractivity contribution is 9.10. The van der Waals surface area contributed by atoms with E-state index in [0.29, 0.717) is 4.60 Å². The molecule has 5 heteroatoms. The Labute approximate surface area is 90.8 Å². The fraction of sp³-hybridized carbons (Fsp3) is 0.125. The van der Waals surface area contributed by atoms with E-state index in [4.69, 9.17) is 6.85 Å². The van der Waals surface area contributed by atoms with Gasteiger partial charge in [0.2, 0.25) is 0 Å². The summed E-state index contributed by atoms with van der Waals surface area (Å²) in [7, 11) is 0. The van der Waals surface area contributed by atoms with Gasteiger partial charge in [-0.15, -0.1) is 0 Å². The SMILES string of the molecule is [2H]c1nn(-c2cnc(Br)cn2)c([2H])c1C([2H])([2H])[2H]. The minimum atomic E-state index is -2.55. The van der Waals surface area contributed by atoms with Crippen LogP contribution in [0.25, 0.3) is 5.82 Å². The third kappa shape index (κ3) is 1.75. The minimum Gasteiger partial charge on any atom is -0.244 e. The Morgan fingerprint density at radius 3 is 3.08 bits per heavy atom. The van der Waals surface area contributed by atoms with Crippen molar-refractivity contribution in [2.45, 2.75) is 6.85 Å². The van der Waals surface area contributed by atoms with Crippen LogP contribution in [0.5, 0.6) is 0 Å². The van der Waals surface area contributed by atoms with Crippen LogP contribution in [-0.2, 0) is 0 Å². The van der Waals surface area contributed by atoms with Crippen LogP contribution in [0, 0.1) is 6.85 Å². The molecule has 0 aliphatic rings. The first-order chi connectivity index (χ1) is 8.30. The van der Waals surface area contributed by atoms with Crippen LogP contribution in [0.15, 0.2) is 29.3 Å². The Bertz CT molecular complexity index is 576. The van der Waals surface area contributed by atoms with Crippen LogP contribution in [0.1, 0.15) is 12.4 Å². The van der Waals surface area contributed by atoms with Crippen molar-refractivity contribution in [3.63, 3.8) is 0 Å². The molecule has 0 bridgehead atoms. The number of nitrogens with zero attached hydrogens (tertiary/aromatic N) is 4. The molecule has 0 saturated carbocycles.